The van der Waals surface area contributed by atoms with Crippen LogP contribution in [-0.4, -0.2) is 24.2 Å². The standard InChI is InChI=1S/C28H25FNO3P/c1-33-25-17-15-22(16-18-25)20-30(28(31)23-9-8-10-24(29)19-23)21-34(32,26-11-4-2-5-12-26)27-13-6-3-7-14-27/h2-19H,20-21H2,1H3. The molecule has 34 heavy (non-hydrogen) atoms. The highest BCUT2D eigenvalue weighted by Gasteiger charge is 2.32. The number of hydrogen-bond acceptors (Lipinski definition) is 3. The van der Waals surface area contributed by atoms with Crippen LogP contribution >= 0.6 is 7.14 Å². The van der Waals surface area contributed by atoms with Crippen molar-refractivity contribution in [3.63, 3.8) is 0 Å². The van der Waals surface area contributed by atoms with E-state index in [1.807, 2.05) is 84.9 Å². The van der Waals surface area contributed by atoms with Crippen LogP contribution in [0, 0.1) is 5.82 Å². The topological polar surface area (TPSA) is 46.6 Å². The third-order valence-electron chi connectivity index (χ3n) is 5.61. The van der Waals surface area contributed by atoms with Crippen LogP contribution in [0.2, 0.25) is 0 Å². The van der Waals surface area contributed by atoms with E-state index in [9.17, 15) is 13.8 Å². The Kier molecular flexibility index (Phi) is 7.24. The van der Waals surface area contributed by atoms with Crippen LogP contribution in [-0.2, 0) is 11.1 Å². The van der Waals surface area contributed by atoms with Gasteiger partial charge in [-0.2, -0.15) is 0 Å². The molecule has 0 aliphatic rings. The van der Waals surface area contributed by atoms with Crippen molar-refractivity contribution in [2.75, 3.05) is 13.4 Å². The predicted molar refractivity (Wildman–Crippen MR) is 134 cm³/mol. The number of rotatable bonds is 8. The number of amides is 1. The zero-order chi connectivity index (χ0) is 24.0. The Labute approximate surface area is 199 Å². The van der Waals surface area contributed by atoms with Gasteiger partial charge in [-0.05, 0) is 35.9 Å². The molecule has 4 aromatic carbocycles. The van der Waals surface area contributed by atoms with Crippen LogP contribution in [0.4, 0.5) is 4.39 Å². The lowest BCUT2D eigenvalue weighted by atomic mass is 10.1. The smallest absolute Gasteiger partial charge is 0.254 e. The van der Waals surface area contributed by atoms with Gasteiger partial charge in [-0.15, -0.1) is 0 Å². The van der Waals surface area contributed by atoms with E-state index in [4.69, 9.17) is 4.74 Å². The maximum atomic E-state index is 14.6. The monoisotopic (exact) mass is 473 g/mol. The Hall–Kier alpha value is -3.69. The van der Waals surface area contributed by atoms with Crippen molar-refractivity contribution in [2.45, 2.75) is 6.54 Å². The first kappa shape index (κ1) is 23.5. The van der Waals surface area contributed by atoms with Gasteiger partial charge in [0.05, 0.1) is 13.4 Å². The highest BCUT2D eigenvalue weighted by Crippen LogP contribution is 2.44. The first-order valence-electron chi connectivity index (χ1n) is 10.9. The minimum atomic E-state index is -3.23. The summed E-state index contributed by atoms with van der Waals surface area (Å²) in [6.07, 6.45) is -0.0254. The molecule has 0 atom stereocenters. The van der Waals surface area contributed by atoms with Crippen molar-refractivity contribution in [3.05, 3.63) is 126 Å². The second-order valence-electron chi connectivity index (χ2n) is 7.91. The number of benzene rings is 4. The van der Waals surface area contributed by atoms with Crippen LogP contribution in [0.3, 0.4) is 0 Å². The lowest BCUT2D eigenvalue weighted by Gasteiger charge is -2.29. The lowest BCUT2D eigenvalue weighted by molar-refractivity contribution is 0.0771. The summed E-state index contributed by atoms with van der Waals surface area (Å²) in [6.45, 7) is 0.211. The van der Waals surface area contributed by atoms with Gasteiger partial charge < -0.3 is 14.2 Å². The van der Waals surface area contributed by atoms with Gasteiger partial charge >= 0.3 is 0 Å². The van der Waals surface area contributed by atoms with E-state index >= 15 is 0 Å². The molecule has 0 bridgehead atoms. The summed E-state index contributed by atoms with van der Waals surface area (Å²) in [4.78, 5) is 15.1. The number of hydrogen-bond donors (Lipinski definition) is 0. The number of halogens is 1. The first-order chi connectivity index (χ1) is 16.5. The molecular weight excluding hydrogens is 448 g/mol. The van der Waals surface area contributed by atoms with Crippen LogP contribution in [0.1, 0.15) is 15.9 Å². The van der Waals surface area contributed by atoms with Gasteiger partial charge in [0.2, 0.25) is 0 Å². The third kappa shape index (κ3) is 5.27. The van der Waals surface area contributed by atoms with Gasteiger partial charge in [0.25, 0.3) is 5.91 Å². The molecule has 0 N–H and O–H groups in total. The van der Waals surface area contributed by atoms with Gasteiger partial charge in [0, 0.05) is 22.7 Å². The van der Waals surface area contributed by atoms with E-state index in [2.05, 4.69) is 0 Å². The first-order valence-corrected chi connectivity index (χ1v) is 12.8. The fourth-order valence-electron chi connectivity index (χ4n) is 3.83. The molecule has 0 radical (unpaired) electrons. The molecule has 0 heterocycles. The Bertz CT molecular complexity index is 1250. The second kappa shape index (κ2) is 10.5. The molecule has 4 nitrogen and oxygen atoms in total. The fourth-order valence-corrected chi connectivity index (χ4v) is 6.47. The van der Waals surface area contributed by atoms with Crippen LogP contribution in [0.25, 0.3) is 0 Å². The zero-order valence-corrected chi connectivity index (χ0v) is 19.7. The number of carbonyl (C=O) groups excluding carboxylic acids is 1. The number of carbonyl (C=O) groups is 1. The maximum Gasteiger partial charge on any atom is 0.254 e. The van der Waals surface area contributed by atoms with E-state index in [0.29, 0.717) is 16.4 Å². The molecule has 172 valence electrons. The molecule has 4 aromatic rings. The van der Waals surface area contributed by atoms with E-state index in [0.717, 1.165) is 5.56 Å². The van der Waals surface area contributed by atoms with Crippen LogP contribution in [0.15, 0.2) is 109 Å². The second-order valence-corrected chi connectivity index (χ2v) is 10.7. The summed E-state index contributed by atoms with van der Waals surface area (Å²) in [7, 11) is -1.64. The average Bonchev–Trinajstić information content (AvgIpc) is 2.89. The largest absolute Gasteiger partial charge is 0.497 e. The molecule has 6 heteroatoms. The predicted octanol–water partition coefficient (Wildman–Crippen LogP) is 5.45. The molecule has 0 aliphatic carbocycles. The van der Waals surface area contributed by atoms with E-state index < -0.39 is 13.0 Å². The summed E-state index contributed by atoms with van der Waals surface area (Å²) >= 11 is 0. The summed E-state index contributed by atoms with van der Waals surface area (Å²) in [5, 5.41) is 1.32. The van der Waals surface area contributed by atoms with Crippen molar-refractivity contribution in [1.82, 2.24) is 4.90 Å². The Balaban J connectivity index is 1.77. The molecule has 0 unspecified atom stereocenters. The van der Waals surface area contributed by atoms with Crippen molar-refractivity contribution >= 4 is 23.7 Å². The van der Waals surface area contributed by atoms with E-state index in [1.54, 1.807) is 13.2 Å². The van der Waals surface area contributed by atoms with E-state index in [-0.39, 0.29) is 24.3 Å². The zero-order valence-electron chi connectivity index (χ0n) is 18.8. The van der Waals surface area contributed by atoms with Crippen LogP contribution in [0.5, 0.6) is 5.75 Å². The molecule has 0 spiro atoms. The number of nitrogens with zero attached hydrogens (tertiary/aromatic N) is 1. The lowest BCUT2D eigenvalue weighted by Crippen LogP contribution is -2.35. The van der Waals surface area contributed by atoms with Gasteiger partial charge in [-0.1, -0.05) is 78.9 Å². The number of methoxy groups -OCH3 is 1. The third-order valence-corrected chi connectivity index (χ3v) is 8.61. The van der Waals surface area contributed by atoms with Crippen molar-refractivity contribution in [3.8, 4) is 5.75 Å². The average molecular weight is 473 g/mol. The molecular formula is C28H25FNO3P. The summed E-state index contributed by atoms with van der Waals surface area (Å²) in [5.74, 6) is -0.182. The quantitative estimate of drug-likeness (QED) is 0.320. The molecule has 0 aliphatic heterocycles. The normalized spacial score (nSPS) is 11.1. The Morgan fingerprint density at radius 2 is 1.41 bits per heavy atom. The van der Waals surface area contributed by atoms with Crippen LogP contribution < -0.4 is 15.3 Å². The molecule has 0 saturated heterocycles. The summed E-state index contributed by atoms with van der Waals surface area (Å²) in [6, 6.07) is 31.3. The Morgan fingerprint density at radius 3 is 1.94 bits per heavy atom. The maximum absolute atomic E-state index is 14.6. The number of ether oxygens (including phenoxy) is 1. The fraction of sp³-hybridized carbons (Fsp3) is 0.107. The summed E-state index contributed by atoms with van der Waals surface area (Å²) in [5.41, 5.74) is 1.06. The molecule has 0 fully saturated rings. The molecule has 0 aromatic heterocycles. The molecule has 1 amide bonds. The Morgan fingerprint density at radius 1 is 0.824 bits per heavy atom. The minimum absolute atomic E-state index is 0.0254. The van der Waals surface area contributed by atoms with Crippen molar-refractivity contribution in [2.24, 2.45) is 0 Å². The minimum Gasteiger partial charge on any atom is -0.497 e. The van der Waals surface area contributed by atoms with Gasteiger partial charge in [0.15, 0.2) is 7.14 Å². The van der Waals surface area contributed by atoms with Crippen molar-refractivity contribution < 1.29 is 18.5 Å². The van der Waals surface area contributed by atoms with Crippen molar-refractivity contribution in [1.29, 1.82) is 0 Å². The van der Waals surface area contributed by atoms with E-state index in [1.165, 1.54) is 23.1 Å². The molecule has 4 rings (SSSR count). The van der Waals surface area contributed by atoms with Gasteiger partial charge in [-0.25, -0.2) is 4.39 Å². The highest BCUT2D eigenvalue weighted by atomic mass is 31.2. The van der Waals surface area contributed by atoms with Gasteiger partial charge in [0.1, 0.15) is 11.6 Å². The SMILES string of the molecule is COc1ccc(CN(CP(=O)(c2ccccc2)c2ccccc2)C(=O)c2cccc(F)c2)cc1. The molecule has 0 saturated carbocycles. The highest BCUT2D eigenvalue weighted by molar-refractivity contribution is 7.78. The summed E-state index contributed by atoms with van der Waals surface area (Å²) < 4.78 is 33.8. The van der Waals surface area contributed by atoms with Gasteiger partial charge in [-0.3, -0.25) is 4.79 Å².